The zero-order valence-corrected chi connectivity index (χ0v) is 24.1. The number of aromatic nitrogens is 2. The number of allylic oxidation sites excluding steroid dienone is 1. The van der Waals surface area contributed by atoms with Gasteiger partial charge in [0, 0.05) is 57.2 Å². The summed E-state index contributed by atoms with van der Waals surface area (Å²) in [7, 11) is 5.54. The molecule has 7 nitrogen and oxygen atoms in total. The molecule has 1 amide bonds. The van der Waals surface area contributed by atoms with Gasteiger partial charge in [-0.3, -0.25) is 9.69 Å². The van der Waals surface area contributed by atoms with E-state index in [0.717, 1.165) is 80.3 Å². The highest BCUT2D eigenvalue weighted by Gasteiger charge is 2.28. The quantitative estimate of drug-likeness (QED) is 0.418. The molecule has 2 heterocycles. The molecule has 0 bridgehead atoms. The molecule has 7 heteroatoms. The third kappa shape index (κ3) is 5.69. The Hall–Kier alpha value is -3.32. The second kappa shape index (κ2) is 11.8. The van der Waals surface area contributed by atoms with Crippen molar-refractivity contribution in [1.29, 1.82) is 0 Å². The number of likely N-dealkylation sites (N-methyl/N-ethyl adjacent to an activating group) is 1. The molecule has 1 saturated heterocycles. The number of para-hydroxylation sites is 2. The minimum absolute atomic E-state index is 0.224. The maximum Gasteiger partial charge on any atom is 0.222 e. The van der Waals surface area contributed by atoms with E-state index in [2.05, 4.69) is 60.7 Å². The molecule has 1 unspecified atom stereocenters. The fraction of sp³-hybridized carbons (Fsp3) is 0.500. The van der Waals surface area contributed by atoms with Crippen LogP contribution >= 0.6 is 0 Å². The normalized spacial score (nSPS) is 21.0. The van der Waals surface area contributed by atoms with Crippen LogP contribution in [0.25, 0.3) is 11.0 Å². The molecule has 208 valence electrons. The lowest BCUT2D eigenvalue weighted by atomic mass is 9.86. The van der Waals surface area contributed by atoms with Crippen LogP contribution in [-0.2, 0) is 24.8 Å². The molecular formula is C32H42N4O3. The van der Waals surface area contributed by atoms with Gasteiger partial charge < -0.3 is 18.9 Å². The van der Waals surface area contributed by atoms with Crippen LogP contribution in [0, 0.1) is 5.92 Å². The summed E-state index contributed by atoms with van der Waals surface area (Å²) in [6, 6.07) is 12.5. The molecule has 0 saturated carbocycles. The number of carbonyl (C=O) groups excluding carboxylic acids is 1. The van der Waals surface area contributed by atoms with E-state index in [4.69, 9.17) is 14.5 Å². The predicted molar refractivity (Wildman–Crippen MR) is 155 cm³/mol. The third-order valence-electron chi connectivity index (χ3n) is 8.66. The van der Waals surface area contributed by atoms with Crippen molar-refractivity contribution in [2.75, 3.05) is 40.4 Å². The maximum atomic E-state index is 13.3. The molecule has 1 fully saturated rings. The number of aryl methyl sites for hydroxylation is 1. The number of nitrogens with zero attached hydrogens (tertiary/aromatic N) is 4. The summed E-state index contributed by atoms with van der Waals surface area (Å²) in [6.45, 7) is 8.35. The summed E-state index contributed by atoms with van der Waals surface area (Å²) in [4.78, 5) is 22.8. The number of fused-ring (bicyclic) bond motifs is 3. The summed E-state index contributed by atoms with van der Waals surface area (Å²) in [5, 5.41) is 0. The van der Waals surface area contributed by atoms with Crippen molar-refractivity contribution in [1.82, 2.24) is 19.4 Å². The van der Waals surface area contributed by atoms with E-state index >= 15 is 0 Å². The molecule has 5 rings (SSSR count). The van der Waals surface area contributed by atoms with Gasteiger partial charge in [0.2, 0.25) is 5.91 Å². The Balaban J connectivity index is 1.46. The molecule has 0 N–H and O–H groups in total. The molecule has 1 aliphatic heterocycles. The first-order chi connectivity index (χ1) is 18.9. The first-order valence-electron chi connectivity index (χ1n) is 14.3. The van der Waals surface area contributed by atoms with Gasteiger partial charge in [-0.2, -0.15) is 0 Å². The SMILES string of the molecule is CCN1CCN(Cc2nc3ccccc3n2C)CCC2=C[C@@H](C)c3c(cc(OC)cc3OC)CC2CCC1=O. The van der Waals surface area contributed by atoms with Crippen LogP contribution in [-0.4, -0.2) is 65.7 Å². The average molecular weight is 531 g/mol. The van der Waals surface area contributed by atoms with E-state index in [1.165, 1.54) is 16.7 Å². The molecule has 1 aliphatic carbocycles. The summed E-state index contributed by atoms with van der Waals surface area (Å²) in [5.74, 6) is 3.54. The Bertz CT molecular complexity index is 1360. The van der Waals surface area contributed by atoms with Gasteiger partial charge in [-0.1, -0.05) is 30.7 Å². The standard InChI is InChI=1S/C32H42N4O3/c1-6-36-16-15-35(21-30-33-27-9-7-8-10-28(27)34(30)3)14-13-24-17-22(2)32-25(18-23(24)11-12-31(36)37)19-26(38-4)20-29(32)39-5/h7-10,17,19-20,22-23H,6,11-16,18,21H2,1-5H3/t22-,23?/m1/s1. The van der Waals surface area contributed by atoms with Crippen LogP contribution in [0.2, 0.25) is 0 Å². The van der Waals surface area contributed by atoms with Gasteiger partial charge in [-0.25, -0.2) is 4.98 Å². The summed E-state index contributed by atoms with van der Waals surface area (Å²) in [6.07, 6.45) is 5.75. The van der Waals surface area contributed by atoms with E-state index < -0.39 is 0 Å². The van der Waals surface area contributed by atoms with Crippen molar-refractivity contribution >= 4 is 16.9 Å². The number of amides is 1. The first kappa shape index (κ1) is 27.3. The molecule has 0 radical (unpaired) electrons. The molecule has 3 aromatic rings. The van der Waals surface area contributed by atoms with Crippen molar-refractivity contribution in [2.45, 2.75) is 52.0 Å². The highest BCUT2D eigenvalue weighted by Crippen LogP contribution is 2.42. The molecule has 39 heavy (non-hydrogen) atoms. The van der Waals surface area contributed by atoms with E-state index in [0.29, 0.717) is 12.3 Å². The van der Waals surface area contributed by atoms with Crippen LogP contribution < -0.4 is 9.47 Å². The van der Waals surface area contributed by atoms with Crippen molar-refractivity contribution in [2.24, 2.45) is 13.0 Å². The van der Waals surface area contributed by atoms with Gasteiger partial charge in [0.1, 0.15) is 17.3 Å². The Morgan fingerprint density at radius 2 is 1.87 bits per heavy atom. The number of ether oxygens (including phenoxy) is 2. The molecule has 1 aromatic heterocycles. The van der Waals surface area contributed by atoms with E-state index in [1.54, 1.807) is 14.2 Å². The van der Waals surface area contributed by atoms with Crippen LogP contribution in [0.1, 0.15) is 56.0 Å². The zero-order valence-electron chi connectivity index (χ0n) is 24.1. The van der Waals surface area contributed by atoms with Crippen LogP contribution in [0.4, 0.5) is 0 Å². The van der Waals surface area contributed by atoms with Gasteiger partial charge in [0.25, 0.3) is 0 Å². The van der Waals surface area contributed by atoms with Gasteiger partial charge in [0.05, 0.1) is 31.8 Å². The van der Waals surface area contributed by atoms with E-state index in [-0.39, 0.29) is 11.8 Å². The summed E-state index contributed by atoms with van der Waals surface area (Å²) < 4.78 is 13.6. The second-order valence-electron chi connectivity index (χ2n) is 10.9. The Labute approximate surface area is 232 Å². The fourth-order valence-corrected chi connectivity index (χ4v) is 6.41. The zero-order chi connectivity index (χ0) is 27.5. The monoisotopic (exact) mass is 530 g/mol. The van der Waals surface area contributed by atoms with Crippen molar-refractivity contribution < 1.29 is 14.3 Å². The summed E-state index contributed by atoms with van der Waals surface area (Å²) in [5.41, 5.74) is 6.14. The Morgan fingerprint density at radius 1 is 1.05 bits per heavy atom. The number of benzene rings is 2. The molecule has 0 spiro atoms. The van der Waals surface area contributed by atoms with Crippen molar-refractivity contribution in [3.8, 4) is 11.5 Å². The molecular weight excluding hydrogens is 488 g/mol. The number of hydrogen-bond acceptors (Lipinski definition) is 5. The average Bonchev–Trinajstić information content (AvgIpc) is 3.17. The molecule has 2 aliphatic rings. The van der Waals surface area contributed by atoms with E-state index in [1.807, 2.05) is 17.0 Å². The van der Waals surface area contributed by atoms with Crippen molar-refractivity contribution in [3.05, 3.63) is 65.0 Å². The highest BCUT2D eigenvalue weighted by molar-refractivity contribution is 5.76. The topological polar surface area (TPSA) is 59.8 Å². The minimum Gasteiger partial charge on any atom is -0.497 e. The molecule has 2 atom stereocenters. The number of imidazole rings is 1. The third-order valence-corrected chi connectivity index (χ3v) is 8.66. The highest BCUT2D eigenvalue weighted by atomic mass is 16.5. The lowest BCUT2D eigenvalue weighted by Gasteiger charge is -2.26. The predicted octanol–water partition coefficient (Wildman–Crippen LogP) is 5.33. The van der Waals surface area contributed by atoms with Gasteiger partial charge >= 0.3 is 0 Å². The number of methoxy groups -OCH3 is 2. The second-order valence-corrected chi connectivity index (χ2v) is 10.9. The minimum atomic E-state index is 0.224. The molecule has 2 aromatic carbocycles. The first-order valence-corrected chi connectivity index (χ1v) is 14.3. The fourth-order valence-electron chi connectivity index (χ4n) is 6.41. The smallest absolute Gasteiger partial charge is 0.222 e. The number of carbonyl (C=O) groups is 1. The van der Waals surface area contributed by atoms with Gasteiger partial charge in [0.15, 0.2) is 0 Å². The van der Waals surface area contributed by atoms with Crippen LogP contribution in [0.3, 0.4) is 0 Å². The van der Waals surface area contributed by atoms with Gasteiger partial charge in [-0.15, -0.1) is 0 Å². The van der Waals surface area contributed by atoms with E-state index in [9.17, 15) is 4.79 Å². The Kier molecular flexibility index (Phi) is 8.26. The van der Waals surface area contributed by atoms with Crippen molar-refractivity contribution in [3.63, 3.8) is 0 Å². The van der Waals surface area contributed by atoms with Gasteiger partial charge in [-0.05, 0) is 55.9 Å². The van der Waals surface area contributed by atoms with Crippen LogP contribution in [0.15, 0.2) is 48.0 Å². The maximum absolute atomic E-state index is 13.3. The lowest BCUT2D eigenvalue weighted by Crippen LogP contribution is -2.38. The number of hydrogen-bond donors (Lipinski definition) is 0. The van der Waals surface area contributed by atoms with Crippen LogP contribution in [0.5, 0.6) is 11.5 Å². The largest absolute Gasteiger partial charge is 0.497 e. The lowest BCUT2D eigenvalue weighted by molar-refractivity contribution is -0.131. The number of rotatable bonds is 5. The Morgan fingerprint density at radius 3 is 2.62 bits per heavy atom. The summed E-state index contributed by atoms with van der Waals surface area (Å²) >= 11 is 0.